The summed E-state index contributed by atoms with van der Waals surface area (Å²) in [4.78, 5) is 25.7. The van der Waals surface area contributed by atoms with Crippen LogP contribution in [0.4, 0.5) is 11.4 Å². The van der Waals surface area contributed by atoms with Crippen LogP contribution in [0.25, 0.3) is 0 Å². The average molecular weight is 330 g/mol. The Morgan fingerprint density at radius 3 is 2.54 bits per heavy atom. The van der Waals surface area contributed by atoms with E-state index in [-0.39, 0.29) is 28.0 Å². The summed E-state index contributed by atoms with van der Waals surface area (Å²) in [6.45, 7) is 6.36. The van der Waals surface area contributed by atoms with Crippen molar-refractivity contribution in [1.82, 2.24) is 0 Å². The van der Waals surface area contributed by atoms with E-state index in [0.29, 0.717) is 6.42 Å². The Balaban J connectivity index is 2.05. The maximum atomic E-state index is 12.9. The highest BCUT2D eigenvalue weighted by atomic mass is 16.6. The number of amides is 1. The third kappa shape index (κ3) is 2.80. The van der Waals surface area contributed by atoms with E-state index < -0.39 is 0 Å². The molecule has 0 radical (unpaired) electrons. The molecule has 24 heavy (non-hydrogen) atoms. The number of nitro groups is 1. The molecule has 2 aliphatic rings. The fraction of sp³-hybridized carbons (Fsp3) is 0.632. The highest BCUT2D eigenvalue weighted by molar-refractivity contribution is 5.98. The van der Waals surface area contributed by atoms with Crippen molar-refractivity contribution in [2.24, 2.45) is 5.92 Å². The van der Waals surface area contributed by atoms with E-state index in [0.717, 1.165) is 49.3 Å². The number of carbonyl (C=O) groups excluding carboxylic acids is 1. The van der Waals surface area contributed by atoms with Gasteiger partial charge in [-0.15, -0.1) is 0 Å². The van der Waals surface area contributed by atoms with Gasteiger partial charge in [0.1, 0.15) is 0 Å². The summed E-state index contributed by atoms with van der Waals surface area (Å²) < 4.78 is 0. The van der Waals surface area contributed by atoms with Gasteiger partial charge in [0.15, 0.2) is 0 Å². The first-order valence-electron chi connectivity index (χ1n) is 8.96. The van der Waals surface area contributed by atoms with Crippen molar-refractivity contribution in [3.8, 4) is 0 Å². The van der Waals surface area contributed by atoms with Gasteiger partial charge < -0.3 is 4.90 Å². The third-order valence-electron chi connectivity index (χ3n) is 6.04. The Morgan fingerprint density at radius 2 is 1.96 bits per heavy atom. The second kappa shape index (κ2) is 6.19. The van der Waals surface area contributed by atoms with Crippen LogP contribution in [0.2, 0.25) is 0 Å². The monoisotopic (exact) mass is 330 g/mol. The number of fused-ring (bicyclic) bond motifs is 1. The van der Waals surface area contributed by atoms with Gasteiger partial charge in [-0.2, -0.15) is 0 Å². The number of non-ortho nitro benzene ring substituents is 1. The Kier molecular flexibility index (Phi) is 4.37. The predicted octanol–water partition coefficient (Wildman–Crippen LogP) is 4.58. The highest BCUT2D eigenvalue weighted by Gasteiger charge is 2.42. The Labute approximate surface area is 143 Å². The summed E-state index contributed by atoms with van der Waals surface area (Å²) in [6, 6.07) is 5.24. The summed E-state index contributed by atoms with van der Waals surface area (Å²) >= 11 is 0. The number of hydrogen-bond donors (Lipinski definition) is 0. The number of anilines is 1. The van der Waals surface area contributed by atoms with Gasteiger partial charge in [-0.3, -0.25) is 14.9 Å². The molecule has 0 bridgehead atoms. The maximum absolute atomic E-state index is 12.9. The van der Waals surface area contributed by atoms with E-state index in [1.54, 1.807) is 12.1 Å². The van der Waals surface area contributed by atoms with E-state index in [1.165, 1.54) is 6.07 Å². The van der Waals surface area contributed by atoms with Crippen molar-refractivity contribution in [3.05, 3.63) is 33.9 Å². The SMILES string of the molecule is CCC1(C)CC(=O)N(C2CCC(C)CC2)c2ccc([N+](=O)[O-])cc21. The van der Waals surface area contributed by atoms with Gasteiger partial charge in [0.05, 0.1) is 4.92 Å². The van der Waals surface area contributed by atoms with Crippen molar-refractivity contribution >= 4 is 17.3 Å². The molecule has 1 unspecified atom stereocenters. The molecule has 5 nitrogen and oxygen atoms in total. The Morgan fingerprint density at radius 1 is 1.29 bits per heavy atom. The van der Waals surface area contributed by atoms with Crippen LogP contribution in [0.15, 0.2) is 18.2 Å². The van der Waals surface area contributed by atoms with Gasteiger partial charge in [-0.1, -0.05) is 20.8 Å². The zero-order chi connectivity index (χ0) is 17.5. The van der Waals surface area contributed by atoms with Crippen LogP contribution in [-0.4, -0.2) is 16.9 Å². The molecule has 0 spiro atoms. The van der Waals surface area contributed by atoms with Gasteiger partial charge in [-0.05, 0) is 49.7 Å². The molecule has 1 saturated carbocycles. The van der Waals surface area contributed by atoms with E-state index >= 15 is 0 Å². The first kappa shape index (κ1) is 16.9. The number of nitrogens with zero attached hydrogens (tertiary/aromatic N) is 2. The fourth-order valence-electron chi connectivity index (χ4n) is 4.20. The highest BCUT2D eigenvalue weighted by Crippen LogP contribution is 2.46. The van der Waals surface area contributed by atoms with E-state index in [9.17, 15) is 14.9 Å². The second-order valence-electron chi connectivity index (χ2n) is 7.73. The van der Waals surface area contributed by atoms with Crippen LogP contribution in [-0.2, 0) is 10.2 Å². The van der Waals surface area contributed by atoms with Crippen molar-refractivity contribution in [3.63, 3.8) is 0 Å². The van der Waals surface area contributed by atoms with E-state index in [2.05, 4.69) is 6.92 Å². The average Bonchev–Trinajstić information content (AvgIpc) is 2.56. The van der Waals surface area contributed by atoms with Crippen molar-refractivity contribution in [2.75, 3.05) is 4.90 Å². The zero-order valence-corrected chi connectivity index (χ0v) is 14.7. The van der Waals surface area contributed by atoms with Gasteiger partial charge in [-0.25, -0.2) is 0 Å². The lowest BCUT2D eigenvalue weighted by Crippen LogP contribution is -2.49. The molecule has 1 heterocycles. The summed E-state index contributed by atoms with van der Waals surface area (Å²) in [7, 11) is 0. The Hall–Kier alpha value is -1.91. The minimum absolute atomic E-state index is 0.111. The first-order chi connectivity index (χ1) is 11.4. The molecule has 1 aromatic carbocycles. The minimum Gasteiger partial charge on any atom is -0.309 e. The fourth-order valence-corrected chi connectivity index (χ4v) is 4.20. The smallest absolute Gasteiger partial charge is 0.269 e. The topological polar surface area (TPSA) is 63.5 Å². The third-order valence-corrected chi connectivity index (χ3v) is 6.04. The van der Waals surface area contributed by atoms with Crippen molar-refractivity contribution in [1.29, 1.82) is 0 Å². The van der Waals surface area contributed by atoms with Crippen LogP contribution in [0, 0.1) is 16.0 Å². The molecule has 3 rings (SSSR count). The largest absolute Gasteiger partial charge is 0.309 e. The predicted molar refractivity (Wildman–Crippen MR) is 94.3 cm³/mol. The number of benzene rings is 1. The molecule has 0 N–H and O–H groups in total. The standard InChI is InChI=1S/C19H26N2O3/c1-4-19(3)12-18(22)20(14-7-5-13(2)6-8-14)17-10-9-15(21(23)24)11-16(17)19/h9-11,13-14H,4-8,12H2,1-3H3. The van der Waals surface area contributed by atoms with Gasteiger partial charge in [0.25, 0.3) is 5.69 Å². The summed E-state index contributed by atoms with van der Waals surface area (Å²) in [5, 5.41) is 11.2. The van der Waals surface area contributed by atoms with E-state index in [4.69, 9.17) is 0 Å². The minimum atomic E-state index is -0.348. The zero-order valence-electron chi connectivity index (χ0n) is 14.7. The number of hydrogen-bond acceptors (Lipinski definition) is 3. The maximum Gasteiger partial charge on any atom is 0.269 e. The lowest BCUT2D eigenvalue weighted by molar-refractivity contribution is -0.385. The van der Waals surface area contributed by atoms with E-state index in [1.807, 2.05) is 18.7 Å². The van der Waals surface area contributed by atoms with Crippen LogP contribution >= 0.6 is 0 Å². The van der Waals surface area contributed by atoms with Crippen LogP contribution in [0.1, 0.15) is 64.9 Å². The molecule has 1 amide bonds. The molecule has 1 aliphatic heterocycles. The number of carbonyl (C=O) groups is 1. The van der Waals surface area contributed by atoms with Crippen LogP contribution in [0.3, 0.4) is 0 Å². The van der Waals surface area contributed by atoms with Gasteiger partial charge in [0, 0.05) is 35.7 Å². The molecule has 1 fully saturated rings. The molecule has 130 valence electrons. The van der Waals surface area contributed by atoms with Gasteiger partial charge >= 0.3 is 0 Å². The molecular formula is C19H26N2O3. The van der Waals surface area contributed by atoms with Crippen LogP contribution in [0.5, 0.6) is 0 Å². The molecule has 1 aromatic rings. The normalized spacial score (nSPS) is 30.1. The Bertz CT molecular complexity index is 665. The van der Waals surface area contributed by atoms with Crippen LogP contribution < -0.4 is 4.90 Å². The molecule has 0 saturated heterocycles. The molecular weight excluding hydrogens is 304 g/mol. The lowest BCUT2D eigenvalue weighted by atomic mass is 9.72. The van der Waals surface area contributed by atoms with Crippen molar-refractivity contribution < 1.29 is 9.72 Å². The molecule has 1 aliphatic carbocycles. The summed E-state index contributed by atoms with van der Waals surface area (Å²) in [5.41, 5.74) is 1.63. The molecule has 1 atom stereocenters. The summed E-state index contributed by atoms with van der Waals surface area (Å²) in [6.07, 6.45) is 5.55. The van der Waals surface area contributed by atoms with Crippen molar-refractivity contribution in [2.45, 2.75) is 70.8 Å². The molecule has 0 aromatic heterocycles. The lowest BCUT2D eigenvalue weighted by Gasteiger charge is -2.45. The number of nitro benzene ring substituents is 1. The summed E-state index contributed by atoms with van der Waals surface area (Å²) in [5.74, 6) is 0.888. The second-order valence-corrected chi connectivity index (χ2v) is 7.73. The van der Waals surface area contributed by atoms with Gasteiger partial charge in [0.2, 0.25) is 5.91 Å². The number of rotatable bonds is 3. The quantitative estimate of drug-likeness (QED) is 0.602. The first-order valence-corrected chi connectivity index (χ1v) is 8.96. The molecule has 5 heteroatoms.